The number of hydrogen-bond acceptors (Lipinski definition) is 10. The van der Waals surface area contributed by atoms with Gasteiger partial charge in [0.05, 0.1) is 31.9 Å². The highest BCUT2D eigenvalue weighted by Gasteiger charge is 2.42. The van der Waals surface area contributed by atoms with E-state index in [9.17, 15) is 14.4 Å². The highest BCUT2D eigenvalue weighted by atomic mass is 16.6. The predicted molar refractivity (Wildman–Crippen MR) is 102 cm³/mol. The Morgan fingerprint density at radius 3 is 2.90 bits per heavy atom. The van der Waals surface area contributed by atoms with Crippen molar-refractivity contribution in [3.05, 3.63) is 16.7 Å². The fraction of sp³-hybridized carbons (Fsp3) is 0.556. The Labute approximate surface area is 171 Å². The number of imidazole rings is 1. The van der Waals surface area contributed by atoms with Crippen molar-refractivity contribution >= 4 is 29.1 Å². The summed E-state index contributed by atoms with van der Waals surface area (Å²) in [5.41, 5.74) is 5.88. The molecule has 0 spiro atoms. The quantitative estimate of drug-likeness (QED) is 0.487. The molecule has 1 aliphatic heterocycles. The van der Waals surface area contributed by atoms with E-state index in [4.69, 9.17) is 20.5 Å². The van der Waals surface area contributed by atoms with Crippen molar-refractivity contribution in [3.8, 4) is 6.07 Å². The van der Waals surface area contributed by atoms with Crippen LogP contribution in [0, 0.1) is 11.3 Å². The molecule has 160 valence electrons. The molecule has 12 nitrogen and oxygen atoms in total. The zero-order valence-corrected chi connectivity index (χ0v) is 16.6. The van der Waals surface area contributed by atoms with E-state index in [0.717, 1.165) is 0 Å². The minimum atomic E-state index is -1.01. The third-order valence-electron chi connectivity index (χ3n) is 4.73. The summed E-state index contributed by atoms with van der Waals surface area (Å²) in [6.07, 6.45) is -0.158. The van der Waals surface area contributed by atoms with Crippen LogP contribution < -0.4 is 11.4 Å². The number of aromatic nitrogens is 4. The van der Waals surface area contributed by atoms with E-state index in [-0.39, 0.29) is 37.4 Å². The van der Waals surface area contributed by atoms with Crippen molar-refractivity contribution in [3.63, 3.8) is 0 Å². The molecule has 3 atom stereocenters. The van der Waals surface area contributed by atoms with Crippen LogP contribution in [0.3, 0.4) is 0 Å². The van der Waals surface area contributed by atoms with Crippen LogP contribution in [0.15, 0.2) is 11.0 Å². The fourth-order valence-corrected chi connectivity index (χ4v) is 3.50. The summed E-state index contributed by atoms with van der Waals surface area (Å²) in [6, 6.07) is 2.04. The van der Waals surface area contributed by atoms with E-state index >= 15 is 0 Å². The number of fused-ring (bicyclic) bond motifs is 1. The first-order chi connectivity index (χ1) is 14.3. The molecule has 0 amide bonds. The summed E-state index contributed by atoms with van der Waals surface area (Å²) < 4.78 is 18.6. The van der Waals surface area contributed by atoms with Crippen LogP contribution in [0.2, 0.25) is 0 Å². The molecule has 2 aromatic heterocycles. The van der Waals surface area contributed by atoms with Crippen LogP contribution in [0.1, 0.15) is 38.8 Å². The van der Waals surface area contributed by atoms with Gasteiger partial charge in [0, 0.05) is 26.3 Å². The molecule has 2 aromatic rings. The van der Waals surface area contributed by atoms with Gasteiger partial charge in [-0.2, -0.15) is 10.2 Å². The number of nitrogens with two attached hydrogens (primary N) is 1. The number of nitrogens with zero attached hydrogens (tertiary/aromatic N) is 5. The van der Waals surface area contributed by atoms with Crippen molar-refractivity contribution in [1.29, 1.82) is 5.26 Å². The van der Waals surface area contributed by atoms with Crippen LogP contribution in [-0.4, -0.2) is 50.4 Å². The van der Waals surface area contributed by atoms with Gasteiger partial charge in [-0.05, 0) is 6.42 Å². The number of unbranched alkanes of at least 4 members (excludes halogenated alkanes) is 1. The zero-order chi connectivity index (χ0) is 21.8. The molecule has 3 rings (SSSR count). The third kappa shape index (κ3) is 4.25. The molecule has 0 saturated carbocycles. The number of ether oxygens (including phenoxy) is 3. The van der Waals surface area contributed by atoms with E-state index in [0.29, 0.717) is 11.9 Å². The van der Waals surface area contributed by atoms with Crippen molar-refractivity contribution in [2.45, 2.75) is 57.6 Å². The highest BCUT2D eigenvalue weighted by Crippen LogP contribution is 2.34. The second-order valence-electron chi connectivity index (χ2n) is 6.82. The van der Waals surface area contributed by atoms with Gasteiger partial charge in [0.2, 0.25) is 5.95 Å². The molecular formula is C18H22N6O6. The molecule has 1 fully saturated rings. The lowest BCUT2D eigenvalue weighted by molar-refractivity contribution is -0.153. The van der Waals surface area contributed by atoms with Gasteiger partial charge in [0.25, 0.3) is 0 Å². The Kier molecular flexibility index (Phi) is 6.31. The molecule has 1 aliphatic rings. The van der Waals surface area contributed by atoms with Crippen LogP contribution in [0.25, 0.3) is 11.2 Å². The molecule has 30 heavy (non-hydrogen) atoms. The topological polar surface area (TPSA) is 164 Å². The number of hydrogen-bond donors (Lipinski definition) is 1. The van der Waals surface area contributed by atoms with E-state index in [1.165, 1.54) is 29.4 Å². The van der Waals surface area contributed by atoms with E-state index in [1.54, 1.807) is 0 Å². The molecule has 2 N–H and O–H groups in total. The average Bonchev–Trinajstić information content (AvgIpc) is 3.18. The molecule has 0 bridgehead atoms. The largest absolute Gasteiger partial charge is 0.469 e. The first kappa shape index (κ1) is 21.3. The Balaban J connectivity index is 2.05. The highest BCUT2D eigenvalue weighted by molar-refractivity contribution is 5.72. The number of esters is 2. The number of rotatable bonds is 7. The summed E-state index contributed by atoms with van der Waals surface area (Å²) >= 11 is 0. The number of aryl methyl sites for hydroxylation is 1. The number of nitrogen functional groups attached to an aromatic ring is 1. The maximum Gasteiger partial charge on any atom is 0.332 e. The van der Waals surface area contributed by atoms with Gasteiger partial charge in [-0.3, -0.25) is 14.2 Å². The Morgan fingerprint density at radius 2 is 2.23 bits per heavy atom. The van der Waals surface area contributed by atoms with Crippen LogP contribution in [0.5, 0.6) is 0 Å². The standard InChI is InChI=1S/C18H22N6O6/c1-10(25)29-13-7-11(8-14(26)28-2)30-16(13)24-15-12(9-21-17(20)22-15)23(18(24)27)6-4-3-5-19/h9,11,13,16H,3-4,6-8H2,1-2H3,(H2,20,21,22)/t11-,13+,16+/m0/s1. The molecule has 3 heterocycles. The molecular weight excluding hydrogens is 396 g/mol. The summed E-state index contributed by atoms with van der Waals surface area (Å²) in [5.74, 6) is -1.08. The SMILES string of the molecule is COC(=O)C[C@@H]1C[C@@H](OC(C)=O)[C@H](n2c(=O)n(CCCC#N)c3cnc(N)nc32)O1. The smallest absolute Gasteiger partial charge is 0.332 e. The van der Waals surface area contributed by atoms with Gasteiger partial charge in [-0.15, -0.1) is 0 Å². The number of methoxy groups -OCH3 is 1. The van der Waals surface area contributed by atoms with Gasteiger partial charge in [-0.25, -0.2) is 14.3 Å². The molecule has 1 saturated heterocycles. The van der Waals surface area contributed by atoms with E-state index < -0.39 is 36.1 Å². The van der Waals surface area contributed by atoms with E-state index in [2.05, 4.69) is 14.7 Å². The zero-order valence-electron chi connectivity index (χ0n) is 16.6. The Hall–Kier alpha value is -3.46. The summed E-state index contributed by atoms with van der Waals surface area (Å²) in [6.45, 7) is 1.51. The minimum absolute atomic E-state index is 0.0430. The van der Waals surface area contributed by atoms with Gasteiger partial charge in [-0.1, -0.05) is 0 Å². The van der Waals surface area contributed by atoms with Gasteiger partial charge >= 0.3 is 17.6 Å². The van der Waals surface area contributed by atoms with Crippen molar-refractivity contribution < 1.29 is 23.8 Å². The van der Waals surface area contributed by atoms with Crippen LogP contribution in [0.4, 0.5) is 5.95 Å². The third-order valence-corrected chi connectivity index (χ3v) is 4.73. The van der Waals surface area contributed by atoms with Crippen molar-refractivity contribution in [2.24, 2.45) is 0 Å². The summed E-state index contributed by atoms with van der Waals surface area (Å²) in [7, 11) is 1.26. The van der Waals surface area contributed by atoms with Gasteiger partial charge < -0.3 is 19.9 Å². The van der Waals surface area contributed by atoms with Crippen LogP contribution in [-0.2, 0) is 30.3 Å². The second kappa shape index (κ2) is 8.91. The molecule has 12 heteroatoms. The lowest BCUT2D eigenvalue weighted by Crippen LogP contribution is -2.33. The van der Waals surface area contributed by atoms with Gasteiger partial charge in [0.1, 0.15) is 11.6 Å². The van der Waals surface area contributed by atoms with Gasteiger partial charge in [0.15, 0.2) is 11.9 Å². The minimum Gasteiger partial charge on any atom is -0.469 e. The van der Waals surface area contributed by atoms with Crippen molar-refractivity contribution in [1.82, 2.24) is 19.1 Å². The number of anilines is 1. The van der Waals surface area contributed by atoms with E-state index in [1.807, 2.05) is 6.07 Å². The maximum atomic E-state index is 13.2. The maximum absolute atomic E-state index is 13.2. The Bertz CT molecular complexity index is 1050. The molecule has 0 aliphatic carbocycles. The number of carbonyl (C=O) groups is 2. The predicted octanol–water partition coefficient (Wildman–Crippen LogP) is 0.261. The van der Waals surface area contributed by atoms with Crippen molar-refractivity contribution in [2.75, 3.05) is 12.8 Å². The molecule has 0 radical (unpaired) electrons. The second-order valence-corrected chi connectivity index (χ2v) is 6.82. The number of nitriles is 1. The summed E-state index contributed by atoms with van der Waals surface area (Å²) in [4.78, 5) is 44.6. The normalized spacial score (nSPS) is 20.8. The number of carbonyl (C=O) groups excluding carboxylic acids is 2. The average molecular weight is 418 g/mol. The first-order valence-corrected chi connectivity index (χ1v) is 9.35. The lowest BCUT2D eigenvalue weighted by Gasteiger charge is -2.19. The fourth-order valence-electron chi connectivity index (χ4n) is 3.50. The van der Waals surface area contributed by atoms with Crippen LogP contribution >= 0.6 is 0 Å². The summed E-state index contributed by atoms with van der Waals surface area (Å²) in [5, 5.41) is 8.79. The lowest BCUT2D eigenvalue weighted by atomic mass is 10.1. The Morgan fingerprint density at radius 1 is 1.47 bits per heavy atom. The molecule has 0 aromatic carbocycles. The monoisotopic (exact) mass is 418 g/mol. The molecule has 0 unspecified atom stereocenters. The first-order valence-electron chi connectivity index (χ1n) is 9.35.